The molecule has 6 nitrogen and oxygen atoms in total. The highest BCUT2D eigenvalue weighted by Gasteiger charge is 2.25. The molecule has 0 aliphatic heterocycles. The lowest BCUT2D eigenvalue weighted by atomic mass is 9.82. The molecule has 0 N–H and O–H groups in total. The molecular weight excluding hydrogens is 584 g/mol. The van der Waals surface area contributed by atoms with Crippen molar-refractivity contribution in [3.05, 3.63) is 24.3 Å². The molecule has 0 aliphatic carbocycles. The van der Waals surface area contributed by atoms with Gasteiger partial charge in [-0.1, -0.05) is 154 Å². The molecule has 0 heterocycles. The Morgan fingerprint density at radius 3 is 1.15 bits per heavy atom. The fraction of sp³-hybridized carbons (Fsp3) is 0.854. The second-order valence-corrected chi connectivity index (χ2v) is 14.2. The zero-order valence-corrected chi connectivity index (χ0v) is 32.1. The van der Waals surface area contributed by atoms with E-state index in [1.807, 2.05) is 12.2 Å². The van der Waals surface area contributed by atoms with Crippen LogP contribution in [0.5, 0.6) is 0 Å². The van der Waals surface area contributed by atoms with Crippen molar-refractivity contribution >= 4 is 11.8 Å². The number of ether oxygens (including phenoxy) is 2. The van der Waals surface area contributed by atoms with Gasteiger partial charge < -0.3 is 19.3 Å². The first-order valence-electron chi connectivity index (χ1n) is 19.7. The standard InChI is InChI=1S/C41H78N2O4/c1-7-9-11-13-14-15-16-17-18-20-25-29-37-47-38-41(33-30-39(44)42(3)4,34-31-40(45)43(5)6)32-26-22-19-21-24-28-36-46-35-27-23-12-10-8-2/h30-31,33-34H,7-29,32,35-38H2,1-6H3. The van der Waals surface area contributed by atoms with E-state index in [4.69, 9.17) is 9.47 Å². The summed E-state index contributed by atoms with van der Waals surface area (Å²) in [5.41, 5.74) is -0.487. The summed E-state index contributed by atoms with van der Waals surface area (Å²) >= 11 is 0. The number of carbonyl (C=O) groups excluding carboxylic acids is 2. The minimum Gasteiger partial charge on any atom is -0.381 e. The van der Waals surface area contributed by atoms with Gasteiger partial charge in [0.15, 0.2) is 0 Å². The zero-order chi connectivity index (χ0) is 34.9. The molecule has 0 unspecified atom stereocenters. The van der Waals surface area contributed by atoms with E-state index in [1.54, 1.807) is 50.1 Å². The Labute approximate surface area is 292 Å². The van der Waals surface area contributed by atoms with Crippen LogP contribution < -0.4 is 0 Å². The van der Waals surface area contributed by atoms with Crippen LogP contribution in [0, 0.1) is 5.41 Å². The Hall–Kier alpha value is -1.66. The molecule has 0 aromatic carbocycles. The number of hydrogen-bond donors (Lipinski definition) is 0. The predicted molar refractivity (Wildman–Crippen MR) is 202 cm³/mol. The highest BCUT2D eigenvalue weighted by atomic mass is 16.5. The van der Waals surface area contributed by atoms with Crippen molar-refractivity contribution < 1.29 is 19.1 Å². The Balaban J connectivity index is 4.73. The molecule has 276 valence electrons. The third kappa shape index (κ3) is 29.0. The molecule has 0 saturated carbocycles. The molecule has 0 saturated heterocycles. The number of amides is 2. The van der Waals surface area contributed by atoms with Crippen LogP contribution in [-0.2, 0) is 19.1 Å². The molecule has 0 radical (unpaired) electrons. The summed E-state index contributed by atoms with van der Waals surface area (Å²) in [5, 5.41) is 0. The average molecular weight is 663 g/mol. The number of carbonyl (C=O) groups is 2. The predicted octanol–water partition coefficient (Wildman–Crippen LogP) is 10.7. The van der Waals surface area contributed by atoms with Crippen LogP contribution in [0.1, 0.15) is 168 Å². The second-order valence-electron chi connectivity index (χ2n) is 14.2. The molecule has 47 heavy (non-hydrogen) atoms. The lowest BCUT2D eigenvalue weighted by molar-refractivity contribution is -0.124. The highest BCUT2D eigenvalue weighted by molar-refractivity contribution is 5.88. The van der Waals surface area contributed by atoms with Crippen molar-refractivity contribution in [1.82, 2.24) is 9.80 Å². The van der Waals surface area contributed by atoms with E-state index in [-0.39, 0.29) is 11.8 Å². The van der Waals surface area contributed by atoms with Crippen LogP contribution in [0.25, 0.3) is 0 Å². The maximum atomic E-state index is 12.5. The van der Waals surface area contributed by atoms with E-state index in [0.29, 0.717) is 13.2 Å². The molecule has 6 heteroatoms. The summed E-state index contributed by atoms with van der Waals surface area (Å²) in [4.78, 5) is 28.2. The average Bonchev–Trinajstić information content (AvgIpc) is 3.06. The summed E-state index contributed by atoms with van der Waals surface area (Å²) in [6.45, 7) is 7.50. The molecule has 0 fully saturated rings. The molecule has 0 aromatic heterocycles. The summed E-state index contributed by atoms with van der Waals surface area (Å²) in [7, 11) is 7.07. The largest absolute Gasteiger partial charge is 0.381 e. The van der Waals surface area contributed by atoms with Gasteiger partial charge in [-0.2, -0.15) is 0 Å². The van der Waals surface area contributed by atoms with Crippen LogP contribution in [0.4, 0.5) is 0 Å². The van der Waals surface area contributed by atoms with Crippen molar-refractivity contribution in [2.45, 2.75) is 168 Å². The maximum Gasteiger partial charge on any atom is 0.245 e. The molecule has 0 rings (SSSR count). The first kappa shape index (κ1) is 45.3. The number of rotatable bonds is 34. The van der Waals surface area contributed by atoms with Crippen molar-refractivity contribution in [1.29, 1.82) is 0 Å². The van der Waals surface area contributed by atoms with Gasteiger partial charge in [-0.25, -0.2) is 0 Å². The second kappa shape index (κ2) is 32.9. The number of unbranched alkanes of at least 4 members (excludes halogenated alkanes) is 20. The van der Waals surface area contributed by atoms with Crippen LogP contribution in [-0.4, -0.2) is 76.2 Å². The van der Waals surface area contributed by atoms with Crippen molar-refractivity contribution in [3.63, 3.8) is 0 Å². The van der Waals surface area contributed by atoms with Crippen molar-refractivity contribution in [2.75, 3.05) is 54.6 Å². The summed E-state index contributed by atoms with van der Waals surface area (Å²) in [6, 6.07) is 0. The first-order chi connectivity index (χ1) is 22.8. The van der Waals surface area contributed by atoms with E-state index in [1.165, 1.54) is 122 Å². The smallest absolute Gasteiger partial charge is 0.245 e. The zero-order valence-electron chi connectivity index (χ0n) is 32.1. The van der Waals surface area contributed by atoms with E-state index >= 15 is 0 Å². The highest BCUT2D eigenvalue weighted by Crippen LogP contribution is 2.31. The van der Waals surface area contributed by atoms with Gasteiger partial charge in [0.05, 0.1) is 6.61 Å². The van der Waals surface area contributed by atoms with Gasteiger partial charge in [0.2, 0.25) is 11.8 Å². The topological polar surface area (TPSA) is 59.1 Å². The summed E-state index contributed by atoms with van der Waals surface area (Å²) in [6.07, 6.45) is 37.3. The van der Waals surface area contributed by atoms with E-state index in [9.17, 15) is 9.59 Å². The Morgan fingerprint density at radius 2 is 0.787 bits per heavy atom. The van der Waals surface area contributed by atoms with E-state index in [0.717, 1.165) is 45.3 Å². The third-order valence-electron chi connectivity index (χ3n) is 9.08. The molecular formula is C41H78N2O4. The minimum atomic E-state index is -0.487. The van der Waals surface area contributed by atoms with Gasteiger partial charge in [0.1, 0.15) is 0 Å². The third-order valence-corrected chi connectivity index (χ3v) is 9.08. The SMILES string of the molecule is CCCCCCCCCCCCCCOCC(C=CC(=O)N(C)C)(C=CC(=O)N(C)C)CCCCCCCCOCCCCCCC. The van der Waals surface area contributed by atoms with Gasteiger partial charge in [-0.05, 0) is 25.7 Å². The lowest BCUT2D eigenvalue weighted by Crippen LogP contribution is -2.27. The number of likely N-dealkylation sites (N-methyl/N-ethyl adjacent to an activating group) is 2. The van der Waals surface area contributed by atoms with Crippen molar-refractivity contribution in [3.8, 4) is 0 Å². The number of hydrogen-bond acceptors (Lipinski definition) is 4. The summed E-state index contributed by atoms with van der Waals surface area (Å²) in [5.74, 6) is -0.100. The van der Waals surface area contributed by atoms with Gasteiger partial charge in [0, 0.05) is 65.6 Å². The first-order valence-corrected chi connectivity index (χ1v) is 19.7. The maximum absolute atomic E-state index is 12.5. The molecule has 0 aromatic rings. The summed E-state index contributed by atoms with van der Waals surface area (Å²) < 4.78 is 12.1. The van der Waals surface area contributed by atoms with Crippen LogP contribution in [0.15, 0.2) is 24.3 Å². The molecule has 0 bridgehead atoms. The fourth-order valence-electron chi connectivity index (χ4n) is 5.75. The lowest BCUT2D eigenvalue weighted by Gasteiger charge is -2.28. The number of nitrogens with zero attached hydrogens (tertiary/aromatic N) is 2. The van der Waals surface area contributed by atoms with Crippen LogP contribution >= 0.6 is 0 Å². The van der Waals surface area contributed by atoms with E-state index in [2.05, 4.69) is 13.8 Å². The quantitative estimate of drug-likeness (QED) is 0.0508. The Kier molecular flexibility index (Phi) is 31.7. The molecule has 0 spiro atoms. The van der Waals surface area contributed by atoms with Gasteiger partial charge in [-0.3, -0.25) is 9.59 Å². The Bertz CT molecular complexity index is 713. The fourth-order valence-corrected chi connectivity index (χ4v) is 5.75. The van der Waals surface area contributed by atoms with Gasteiger partial charge in [0.25, 0.3) is 0 Å². The normalized spacial score (nSPS) is 13.1. The Morgan fingerprint density at radius 1 is 0.468 bits per heavy atom. The minimum absolute atomic E-state index is 0.0501. The molecule has 2 amide bonds. The van der Waals surface area contributed by atoms with Crippen LogP contribution in [0.3, 0.4) is 0 Å². The van der Waals surface area contributed by atoms with Gasteiger partial charge >= 0.3 is 0 Å². The monoisotopic (exact) mass is 663 g/mol. The van der Waals surface area contributed by atoms with Gasteiger partial charge in [-0.15, -0.1) is 0 Å². The molecule has 0 aliphatic rings. The molecule has 0 atom stereocenters. The van der Waals surface area contributed by atoms with E-state index < -0.39 is 5.41 Å². The van der Waals surface area contributed by atoms with Crippen molar-refractivity contribution in [2.24, 2.45) is 5.41 Å². The van der Waals surface area contributed by atoms with Crippen LogP contribution in [0.2, 0.25) is 0 Å².